The Morgan fingerprint density at radius 1 is 1.25 bits per heavy atom. The van der Waals surface area contributed by atoms with Crippen LogP contribution in [0.1, 0.15) is 40.0 Å². The molecular formula is C11H17O. The van der Waals surface area contributed by atoms with E-state index in [4.69, 9.17) is 11.3 Å². The van der Waals surface area contributed by atoms with E-state index < -0.39 is 0 Å². The lowest BCUT2D eigenvalue weighted by Gasteiger charge is -2.36. The Hall–Kier alpha value is -0.300. The fourth-order valence-electron chi connectivity index (χ4n) is 2.91. The van der Waals surface area contributed by atoms with E-state index in [1.165, 1.54) is 12.8 Å². The highest BCUT2D eigenvalue weighted by molar-refractivity contribution is 5.29. The molecule has 1 aliphatic heterocycles. The van der Waals surface area contributed by atoms with E-state index in [1.54, 1.807) is 6.08 Å². The minimum Gasteiger partial charge on any atom is -0.358 e. The van der Waals surface area contributed by atoms with E-state index in [-0.39, 0.29) is 16.6 Å². The highest BCUT2D eigenvalue weighted by Crippen LogP contribution is 2.65. The van der Waals surface area contributed by atoms with E-state index in [2.05, 4.69) is 20.8 Å². The largest absolute Gasteiger partial charge is 0.358 e. The molecule has 2 unspecified atom stereocenters. The van der Waals surface area contributed by atoms with E-state index in [9.17, 15) is 0 Å². The number of epoxide rings is 1. The van der Waals surface area contributed by atoms with Crippen LogP contribution in [0.4, 0.5) is 0 Å². The van der Waals surface area contributed by atoms with Gasteiger partial charge in [-0.3, -0.25) is 0 Å². The van der Waals surface area contributed by atoms with Crippen LogP contribution in [0.15, 0.2) is 6.08 Å². The molecule has 1 heterocycles. The van der Waals surface area contributed by atoms with Gasteiger partial charge in [-0.1, -0.05) is 20.4 Å². The van der Waals surface area contributed by atoms with Crippen molar-refractivity contribution in [2.45, 2.75) is 51.2 Å². The van der Waals surface area contributed by atoms with Crippen molar-refractivity contribution < 1.29 is 4.74 Å². The molecule has 1 aliphatic carbocycles. The standard InChI is InChI=1S/C11H17O/c1-5-11-9(2,3)7-6-8-10(11,4)12-11/h1,5H,6-8H2,2-4H3. The third-order valence-corrected chi connectivity index (χ3v) is 3.83. The first-order valence-corrected chi connectivity index (χ1v) is 4.74. The third kappa shape index (κ3) is 0.687. The summed E-state index contributed by atoms with van der Waals surface area (Å²) in [4.78, 5) is 0. The monoisotopic (exact) mass is 165 g/mol. The Kier molecular flexibility index (Phi) is 1.35. The quantitative estimate of drug-likeness (QED) is 0.544. The van der Waals surface area contributed by atoms with Gasteiger partial charge < -0.3 is 4.74 Å². The van der Waals surface area contributed by atoms with Gasteiger partial charge in [-0.05, 0) is 32.3 Å². The Morgan fingerprint density at radius 3 is 2.33 bits per heavy atom. The number of fused-ring (bicyclic) bond motifs is 1. The van der Waals surface area contributed by atoms with Crippen LogP contribution in [0.3, 0.4) is 0 Å². The normalized spacial score (nSPS) is 49.6. The van der Waals surface area contributed by atoms with Crippen molar-refractivity contribution in [3.05, 3.63) is 12.7 Å². The van der Waals surface area contributed by atoms with Gasteiger partial charge in [0.25, 0.3) is 0 Å². The summed E-state index contributed by atoms with van der Waals surface area (Å²) < 4.78 is 5.84. The molecule has 1 saturated heterocycles. The predicted octanol–water partition coefficient (Wildman–Crippen LogP) is 2.71. The van der Waals surface area contributed by atoms with Crippen LogP contribution in [-0.4, -0.2) is 11.2 Å². The summed E-state index contributed by atoms with van der Waals surface area (Å²) >= 11 is 0. The van der Waals surface area contributed by atoms with E-state index in [0.29, 0.717) is 0 Å². The van der Waals surface area contributed by atoms with Gasteiger partial charge in [-0.25, -0.2) is 0 Å². The van der Waals surface area contributed by atoms with Crippen LogP contribution in [0.25, 0.3) is 0 Å². The maximum absolute atomic E-state index is 5.84. The Morgan fingerprint density at radius 2 is 1.92 bits per heavy atom. The molecule has 1 saturated carbocycles. The molecule has 1 nitrogen and oxygen atoms in total. The van der Waals surface area contributed by atoms with Crippen LogP contribution in [0.2, 0.25) is 0 Å². The fourth-order valence-corrected chi connectivity index (χ4v) is 2.91. The summed E-state index contributed by atoms with van der Waals surface area (Å²) in [5, 5.41) is 0. The van der Waals surface area contributed by atoms with Crippen molar-refractivity contribution in [2.24, 2.45) is 5.41 Å². The van der Waals surface area contributed by atoms with E-state index >= 15 is 0 Å². The lowest BCUT2D eigenvalue weighted by atomic mass is 9.64. The molecule has 12 heavy (non-hydrogen) atoms. The maximum Gasteiger partial charge on any atom is 0.121 e. The second kappa shape index (κ2) is 1.95. The molecule has 67 valence electrons. The summed E-state index contributed by atoms with van der Waals surface area (Å²) in [6.07, 6.45) is 5.41. The summed E-state index contributed by atoms with van der Waals surface area (Å²) in [6.45, 7) is 12.4. The first kappa shape index (κ1) is 8.31. The van der Waals surface area contributed by atoms with Crippen molar-refractivity contribution in [3.63, 3.8) is 0 Å². The van der Waals surface area contributed by atoms with Crippen LogP contribution >= 0.6 is 0 Å². The van der Waals surface area contributed by atoms with Gasteiger partial charge in [-0.2, -0.15) is 0 Å². The van der Waals surface area contributed by atoms with Crippen LogP contribution in [0.5, 0.6) is 0 Å². The van der Waals surface area contributed by atoms with E-state index in [1.807, 2.05) is 0 Å². The molecule has 2 fully saturated rings. The number of hydrogen-bond acceptors (Lipinski definition) is 1. The minimum atomic E-state index is -0.127. The van der Waals surface area contributed by atoms with Crippen LogP contribution in [-0.2, 0) is 4.74 Å². The zero-order valence-corrected chi connectivity index (χ0v) is 8.18. The molecule has 0 spiro atoms. The molecule has 0 N–H and O–H groups in total. The lowest BCUT2D eigenvalue weighted by molar-refractivity contribution is 0.166. The summed E-state index contributed by atoms with van der Waals surface area (Å²) in [5.41, 5.74) is 0.135. The first-order chi connectivity index (χ1) is 5.47. The second-order valence-corrected chi connectivity index (χ2v) is 4.97. The maximum atomic E-state index is 5.84. The van der Waals surface area contributed by atoms with Gasteiger partial charge in [-0.15, -0.1) is 0 Å². The Bertz CT molecular complexity index is 231. The SMILES string of the molecule is [CH]=CC12OC1(C)CCCC2(C)C. The molecule has 1 radical (unpaired) electrons. The van der Waals surface area contributed by atoms with Crippen LogP contribution in [0, 0.1) is 12.0 Å². The summed E-state index contributed by atoms with van der Waals surface area (Å²) in [6, 6.07) is 0. The molecule has 0 aromatic rings. The van der Waals surface area contributed by atoms with Gasteiger partial charge in [0.05, 0.1) is 5.60 Å². The smallest absolute Gasteiger partial charge is 0.121 e. The number of ether oxygens (including phenoxy) is 1. The molecule has 1 heteroatoms. The molecule has 0 amide bonds. The fraction of sp³-hybridized carbons (Fsp3) is 0.818. The van der Waals surface area contributed by atoms with Gasteiger partial charge in [0.2, 0.25) is 0 Å². The Balaban J connectivity index is 2.36. The summed E-state index contributed by atoms with van der Waals surface area (Å²) in [5.74, 6) is 0. The number of rotatable bonds is 1. The lowest BCUT2D eigenvalue weighted by Crippen LogP contribution is -2.40. The predicted molar refractivity (Wildman–Crippen MR) is 48.7 cm³/mol. The van der Waals surface area contributed by atoms with E-state index in [0.717, 1.165) is 6.42 Å². The average Bonchev–Trinajstić information content (AvgIpc) is 2.58. The zero-order chi connectivity index (χ0) is 9.04. The van der Waals surface area contributed by atoms with Crippen molar-refractivity contribution in [3.8, 4) is 0 Å². The Labute approximate surface area is 74.8 Å². The van der Waals surface area contributed by atoms with Crippen molar-refractivity contribution >= 4 is 0 Å². The molecule has 0 aromatic carbocycles. The highest BCUT2D eigenvalue weighted by atomic mass is 16.6. The summed E-state index contributed by atoms with van der Waals surface area (Å²) in [7, 11) is 0. The first-order valence-electron chi connectivity index (χ1n) is 4.74. The zero-order valence-electron chi connectivity index (χ0n) is 8.18. The minimum absolute atomic E-state index is 0.0451. The van der Waals surface area contributed by atoms with Crippen LogP contribution < -0.4 is 0 Å². The van der Waals surface area contributed by atoms with Gasteiger partial charge in [0.1, 0.15) is 5.60 Å². The number of hydrogen-bond donors (Lipinski definition) is 0. The topological polar surface area (TPSA) is 12.5 Å². The molecule has 2 atom stereocenters. The molecule has 2 rings (SSSR count). The van der Waals surface area contributed by atoms with Crippen molar-refractivity contribution in [2.75, 3.05) is 0 Å². The average molecular weight is 165 g/mol. The third-order valence-electron chi connectivity index (χ3n) is 3.83. The van der Waals surface area contributed by atoms with Gasteiger partial charge >= 0.3 is 0 Å². The molecule has 0 aromatic heterocycles. The molecule has 2 aliphatic rings. The second-order valence-electron chi connectivity index (χ2n) is 4.97. The van der Waals surface area contributed by atoms with Crippen molar-refractivity contribution in [1.82, 2.24) is 0 Å². The molecular weight excluding hydrogens is 148 g/mol. The molecule has 0 bridgehead atoms. The highest BCUT2D eigenvalue weighted by Gasteiger charge is 2.72. The van der Waals surface area contributed by atoms with Gasteiger partial charge in [0, 0.05) is 5.41 Å². The van der Waals surface area contributed by atoms with Gasteiger partial charge in [0.15, 0.2) is 0 Å². The van der Waals surface area contributed by atoms with Crippen molar-refractivity contribution in [1.29, 1.82) is 0 Å².